The quantitative estimate of drug-likeness (QED) is 0.0857. The molecule has 2 heterocycles. The molecule has 0 unspecified atom stereocenters. The van der Waals surface area contributed by atoms with Crippen molar-refractivity contribution in [3.8, 4) is 11.5 Å². The molecule has 0 amide bonds. The zero-order chi connectivity index (χ0) is 28.8. The Kier molecular flexibility index (Phi) is 9.37. The van der Waals surface area contributed by atoms with Crippen LogP contribution in [0.2, 0.25) is 0 Å². The summed E-state index contributed by atoms with van der Waals surface area (Å²) in [6.07, 6.45) is 0. The molecule has 210 valence electrons. The second-order valence-corrected chi connectivity index (χ2v) is 11.1. The van der Waals surface area contributed by atoms with E-state index in [4.69, 9.17) is 29.8 Å². The van der Waals surface area contributed by atoms with Gasteiger partial charge in [0.05, 0.1) is 0 Å². The van der Waals surface area contributed by atoms with Gasteiger partial charge in [0.25, 0.3) is 0 Å². The maximum Gasteiger partial charge on any atom is 0.336 e. The maximum atomic E-state index is 12.3. The fourth-order valence-electron chi connectivity index (χ4n) is 3.57. The number of phenols is 2. The number of fused-ring (bicyclic) bond motifs is 2. The average molecular weight is 589 g/mol. The highest BCUT2D eigenvalue weighted by molar-refractivity contribution is 8.76. The summed E-state index contributed by atoms with van der Waals surface area (Å²) in [7, 11) is 2.43. The van der Waals surface area contributed by atoms with E-state index in [1.807, 2.05) is 0 Å². The number of carbonyl (C=O) groups excluding carboxylic acids is 2. The molecule has 12 nitrogen and oxygen atoms in total. The van der Waals surface area contributed by atoms with Crippen LogP contribution in [0, 0.1) is 0 Å². The van der Waals surface area contributed by atoms with E-state index in [-0.39, 0.29) is 47.4 Å². The summed E-state index contributed by atoms with van der Waals surface area (Å²) in [5.74, 6) is -1.20. The average Bonchev–Trinajstić information content (AvgIpc) is 2.91. The molecule has 4 aromatic rings. The van der Waals surface area contributed by atoms with Gasteiger partial charge in [0.2, 0.25) is 0 Å². The molecule has 40 heavy (non-hydrogen) atoms. The third-order valence-corrected chi connectivity index (χ3v) is 8.03. The smallest absolute Gasteiger partial charge is 0.336 e. The Balaban J connectivity index is 1.20. The minimum Gasteiger partial charge on any atom is -0.508 e. The van der Waals surface area contributed by atoms with Crippen molar-refractivity contribution < 1.29 is 38.1 Å². The van der Waals surface area contributed by atoms with Crippen LogP contribution in [-0.2, 0) is 32.3 Å². The molecular formula is C26H24N2O10S2. The van der Waals surface area contributed by atoms with E-state index < -0.39 is 35.3 Å². The Hall–Kier alpha value is -3.98. The van der Waals surface area contributed by atoms with E-state index in [1.165, 1.54) is 58.0 Å². The van der Waals surface area contributed by atoms with Gasteiger partial charge in [-0.1, -0.05) is 21.6 Å². The Morgan fingerprint density at radius 3 is 1.52 bits per heavy atom. The van der Waals surface area contributed by atoms with Crippen molar-refractivity contribution in [3.05, 3.63) is 80.5 Å². The van der Waals surface area contributed by atoms with Gasteiger partial charge in [-0.2, -0.15) is 0 Å². The molecule has 6 N–H and O–H groups in total. The van der Waals surface area contributed by atoms with E-state index in [1.54, 1.807) is 12.1 Å². The molecule has 14 heteroatoms. The molecule has 0 saturated carbocycles. The Bertz CT molecular complexity index is 1550. The van der Waals surface area contributed by atoms with Crippen LogP contribution < -0.4 is 22.7 Å². The van der Waals surface area contributed by atoms with E-state index in [2.05, 4.69) is 0 Å². The van der Waals surface area contributed by atoms with Crippen LogP contribution in [0.5, 0.6) is 11.5 Å². The first kappa shape index (κ1) is 29.0. The van der Waals surface area contributed by atoms with E-state index in [0.29, 0.717) is 21.9 Å². The van der Waals surface area contributed by atoms with Gasteiger partial charge in [0.15, 0.2) is 0 Å². The Labute approximate surface area is 233 Å². The van der Waals surface area contributed by atoms with Crippen LogP contribution in [0.15, 0.2) is 67.0 Å². The molecule has 2 atom stereocenters. The molecule has 0 bridgehead atoms. The predicted molar refractivity (Wildman–Crippen MR) is 149 cm³/mol. The zero-order valence-corrected chi connectivity index (χ0v) is 22.4. The Morgan fingerprint density at radius 1 is 0.725 bits per heavy atom. The second kappa shape index (κ2) is 12.9. The summed E-state index contributed by atoms with van der Waals surface area (Å²) >= 11 is 0. The van der Waals surface area contributed by atoms with Gasteiger partial charge < -0.3 is 40.0 Å². The third kappa shape index (κ3) is 7.35. The lowest BCUT2D eigenvalue weighted by atomic mass is 10.1. The lowest BCUT2D eigenvalue weighted by Gasteiger charge is -2.13. The van der Waals surface area contributed by atoms with Crippen molar-refractivity contribution in [2.45, 2.75) is 25.3 Å². The molecule has 0 aliphatic rings. The summed E-state index contributed by atoms with van der Waals surface area (Å²) < 4.78 is 20.6. The number of esters is 2. The highest BCUT2D eigenvalue weighted by Crippen LogP contribution is 2.25. The number of aromatic hydroxyl groups is 2. The number of phenolic OH excluding ortho intramolecular Hbond substituents is 2. The first-order valence-corrected chi connectivity index (χ1v) is 14.2. The second-order valence-electron chi connectivity index (χ2n) is 8.54. The van der Waals surface area contributed by atoms with Gasteiger partial charge in [-0.05, 0) is 24.3 Å². The van der Waals surface area contributed by atoms with Gasteiger partial charge in [0.1, 0.15) is 48.0 Å². The van der Waals surface area contributed by atoms with Gasteiger partial charge >= 0.3 is 23.2 Å². The molecule has 0 aliphatic heterocycles. The molecule has 2 aromatic carbocycles. The lowest BCUT2D eigenvalue weighted by Crippen LogP contribution is -2.35. The van der Waals surface area contributed by atoms with Crippen molar-refractivity contribution >= 4 is 55.5 Å². The fourth-order valence-corrected chi connectivity index (χ4v) is 5.78. The first-order chi connectivity index (χ1) is 19.1. The van der Waals surface area contributed by atoms with Crippen molar-refractivity contribution in [1.29, 1.82) is 0 Å². The number of carbonyl (C=O) groups is 2. The summed E-state index contributed by atoms with van der Waals surface area (Å²) in [4.78, 5) is 48.2. The van der Waals surface area contributed by atoms with Crippen molar-refractivity contribution in [2.24, 2.45) is 11.5 Å². The maximum absolute atomic E-state index is 12.3. The van der Waals surface area contributed by atoms with Crippen LogP contribution >= 0.6 is 21.6 Å². The van der Waals surface area contributed by atoms with Crippen molar-refractivity contribution in [2.75, 3.05) is 11.5 Å². The first-order valence-electron chi connectivity index (χ1n) is 11.7. The summed E-state index contributed by atoms with van der Waals surface area (Å²) in [6, 6.07) is 8.94. The third-order valence-electron chi connectivity index (χ3n) is 5.55. The van der Waals surface area contributed by atoms with Crippen LogP contribution in [0.1, 0.15) is 11.1 Å². The van der Waals surface area contributed by atoms with Gasteiger partial charge in [-0.15, -0.1) is 0 Å². The monoisotopic (exact) mass is 588 g/mol. The van der Waals surface area contributed by atoms with Gasteiger partial charge in [0, 0.05) is 57.7 Å². The minimum absolute atomic E-state index is 0.0739. The van der Waals surface area contributed by atoms with Crippen LogP contribution in [0.4, 0.5) is 0 Å². The molecule has 0 aliphatic carbocycles. The fraction of sp³-hybridized carbons (Fsp3) is 0.231. The van der Waals surface area contributed by atoms with Gasteiger partial charge in [-0.3, -0.25) is 9.59 Å². The highest BCUT2D eigenvalue weighted by atomic mass is 33.1. The normalized spacial score (nSPS) is 12.8. The largest absolute Gasteiger partial charge is 0.508 e. The molecule has 0 fully saturated rings. The van der Waals surface area contributed by atoms with E-state index in [0.717, 1.165) is 0 Å². The summed E-state index contributed by atoms with van der Waals surface area (Å²) in [6.45, 7) is -0.429. The van der Waals surface area contributed by atoms with E-state index in [9.17, 15) is 29.4 Å². The van der Waals surface area contributed by atoms with Crippen LogP contribution in [-0.4, -0.2) is 45.7 Å². The highest BCUT2D eigenvalue weighted by Gasteiger charge is 2.20. The number of rotatable bonds is 11. The topological polar surface area (TPSA) is 206 Å². The predicted octanol–water partition coefficient (Wildman–Crippen LogP) is 2.13. The minimum atomic E-state index is -0.978. The van der Waals surface area contributed by atoms with E-state index >= 15 is 0 Å². The number of hydrogen-bond donors (Lipinski definition) is 4. The van der Waals surface area contributed by atoms with Gasteiger partial charge in [-0.25, -0.2) is 9.59 Å². The molecule has 0 radical (unpaired) electrons. The number of hydrogen-bond acceptors (Lipinski definition) is 14. The molecule has 0 spiro atoms. The summed E-state index contributed by atoms with van der Waals surface area (Å²) in [5.41, 5.74) is 11.6. The molecule has 4 rings (SSSR count). The van der Waals surface area contributed by atoms with Crippen molar-refractivity contribution in [3.63, 3.8) is 0 Å². The molecule has 2 aromatic heterocycles. The standard InChI is InChI=1S/C26H24N2O10S2/c27-19(25(33)35-9-13-5-23(31)37-21-7-15(29)1-3-17(13)21)11-39-40-12-20(28)26(34)36-10-14-6-24(32)38-22-8-16(30)2-4-18(14)22/h1-8,19-20,29-30H,9-12,27-28H2/t19-,20-/m0/s1. The lowest BCUT2D eigenvalue weighted by molar-refractivity contribution is -0.146. The van der Waals surface area contributed by atoms with Crippen LogP contribution in [0.25, 0.3) is 21.9 Å². The Morgan fingerprint density at radius 2 is 1.12 bits per heavy atom. The SMILES string of the molecule is N[C@@H](CSSC[C@H](N)C(=O)OCc1cc(=O)oc2cc(O)ccc12)C(=O)OCc1cc(=O)oc2cc(O)ccc12. The molecule has 0 saturated heterocycles. The number of benzene rings is 2. The van der Waals surface area contributed by atoms with Crippen molar-refractivity contribution in [1.82, 2.24) is 0 Å². The number of ether oxygens (including phenoxy) is 2. The summed E-state index contributed by atoms with van der Waals surface area (Å²) in [5, 5.41) is 20.2. The number of nitrogens with two attached hydrogens (primary N) is 2. The van der Waals surface area contributed by atoms with Crippen LogP contribution in [0.3, 0.4) is 0 Å². The zero-order valence-electron chi connectivity index (χ0n) is 20.7. The molecular weight excluding hydrogens is 564 g/mol.